The number of hydrogen-bond acceptors (Lipinski definition) is 10. The van der Waals surface area contributed by atoms with Gasteiger partial charge in [-0.2, -0.15) is 0 Å². The quantitative estimate of drug-likeness (QED) is 0.0729. The van der Waals surface area contributed by atoms with Gasteiger partial charge in [0, 0.05) is 29.6 Å². The van der Waals surface area contributed by atoms with Crippen LogP contribution in [0.15, 0.2) is 51.2 Å². The first-order valence-corrected chi connectivity index (χ1v) is 18.4. The van der Waals surface area contributed by atoms with E-state index in [-0.39, 0.29) is 22.6 Å². The van der Waals surface area contributed by atoms with E-state index < -0.39 is 4.92 Å². The average Bonchev–Trinajstić information content (AvgIpc) is 3.62. The van der Waals surface area contributed by atoms with Crippen LogP contribution in [0.5, 0.6) is 0 Å². The monoisotopic (exact) mass is 685 g/mol. The molecule has 1 aliphatic carbocycles. The number of carbonyl (C=O) groups excluding carboxylic acids is 1. The molecule has 9 nitrogen and oxygen atoms in total. The molecule has 1 aliphatic heterocycles. The zero-order valence-electron chi connectivity index (χ0n) is 26.8. The summed E-state index contributed by atoms with van der Waals surface area (Å²) in [4.78, 5) is 54.7. The number of nitrogens with zero attached hydrogens (tertiary/aromatic N) is 5. The van der Waals surface area contributed by atoms with Crippen LogP contribution in [0.25, 0.3) is 15.9 Å². The Hall–Kier alpha value is -3.87. The van der Waals surface area contributed by atoms with E-state index in [0.29, 0.717) is 42.4 Å². The van der Waals surface area contributed by atoms with Crippen LogP contribution < -0.4 is 10.5 Å². The third-order valence-corrected chi connectivity index (χ3v) is 12.5. The van der Waals surface area contributed by atoms with Crippen molar-refractivity contribution in [3.05, 3.63) is 94.6 Å². The Kier molecular flexibility index (Phi) is 8.52. The van der Waals surface area contributed by atoms with Gasteiger partial charge in [-0.3, -0.25) is 24.3 Å². The van der Waals surface area contributed by atoms with Gasteiger partial charge in [-0.05, 0) is 112 Å². The lowest BCUT2D eigenvalue weighted by Gasteiger charge is -2.25. The van der Waals surface area contributed by atoms with Crippen molar-refractivity contribution in [1.29, 1.82) is 0 Å². The highest BCUT2D eigenvalue weighted by atomic mass is 32.2. The number of anilines is 1. The van der Waals surface area contributed by atoms with E-state index in [1.807, 2.05) is 39.0 Å². The van der Waals surface area contributed by atoms with Gasteiger partial charge in [-0.1, -0.05) is 30.4 Å². The molecule has 242 valence electrons. The van der Waals surface area contributed by atoms with Crippen LogP contribution in [0.2, 0.25) is 0 Å². The Morgan fingerprint density at radius 1 is 1.04 bits per heavy atom. The van der Waals surface area contributed by atoms with Crippen molar-refractivity contribution in [3.8, 4) is 5.69 Å². The van der Waals surface area contributed by atoms with Crippen molar-refractivity contribution in [2.45, 2.75) is 76.3 Å². The van der Waals surface area contributed by atoms with Crippen LogP contribution >= 0.6 is 34.4 Å². The van der Waals surface area contributed by atoms with E-state index in [9.17, 15) is 19.7 Å². The Bertz CT molecular complexity index is 2130. The van der Waals surface area contributed by atoms with Crippen molar-refractivity contribution in [3.63, 3.8) is 0 Å². The lowest BCUT2D eigenvalue weighted by Crippen LogP contribution is -2.29. The van der Waals surface area contributed by atoms with Gasteiger partial charge in [-0.25, -0.2) is 9.97 Å². The fourth-order valence-corrected chi connectivity index (χ4v) is 10.0. The number of aromatic nitrogens is 3. The van der Waals surface area contributed by atoms with Crippen LogP contribution in [0, 0.1) is 36.8 Å². The summed E-state index contributed by atoms with van der Waals surface area (Å²) in [5, 5.41) is 14.3. The highest BCUT2D eigenvalue weighted by molar-refractivity contribution is 7.99. The maximum atomic E-state index is 14.4. The molecule has 1 fully saturated rings. The molecule has 1 saturated heterocycles. The summed E-state index contributed by atoms with van der Waals surface area (Å²) < 4.78 is 1.62. The number of nitro benzene ring substituents is 1. The molecular weight excluding hydrogens is 651 g/mol. The van der Waals surface area contributed by atoms with Crippen LogP contribution in [0.1, 0.15) is 75.1 Å². The van der Waals surface area contributed by atoms with Crippen molar-refractivity contribution in [2.75, 3.05) is 18.0 Å². The summed E-state index contributed by atoms with van der Waals surface area (Å²) >= 11 is 3.99. The van der Waals surface area contributed by atoms with Crippen molar-refractivity contribution < 1.29 is 9.72 Å². The molecule has 0 spiro atoms. The van der Waals surface area contributed by atoms with Crippen molar-refractivity contribution >= 4 is 61.3 Å². The third kappa shape index (κ3) is 5.91. The maximum Gasteiger partial charge on any atom is 0.284 e. The predicted octanol–water partition coefficient (Wildman–Crippen LogP) is 8.23. The highest BCUT2D eigenvalue weighted by Crippen LogP contribution is 2.40. The zero-order chi connectivity index (χ0) is 33.0. The van der Waals surface area contributed by atoms with Crippen molar-refractivity contribution in [2.24, 2.45) is 5.92 Å². The van der Waals surface area contributed by atoms with Gasteiger partial charge in [0.1, 0.15) is 4.83 Å². The minimum atomic E-state index is -0.470. The minimum absolute atomic E-state index is 0.155. The Labute approximate surface area is 284 Å². The first-order valence-electron chi connectivity index (χ1n) is 16.0. The molecule has 3 aromatic heterocycles. The zero-order valence-corrected chi connectivity index (χ0v) is 29.2. The van der Waals surface area contributed by atoms with Crippen molar-refractivity contribution in [1.82, 2.24) is 14.5 Å². The summed E-state index contributed by atoms with van der Waals surface area (Å²) in [7, 11) is 0. The molecule has 7 rings (SSSR count). The van der Waals surface area contributed by atoms with Gasteiger partial charge in [0.15, 0.2) is 10.3 Å². The number of carbonyl (C=O) groups is 1. The molecule has 0 radical (unpaired) electrons. The summed E-state index contributed by atoms with van der Waals surface area (Å²) in [6.07, 6.45) is 6.17. The summed E-state index contributed by atoms with van der Waals surface area (Å²) in [6.45, 7) is 9.80. The number of aryl methyl sites for hydroxylation is 4. The molecule has 5 aromatic rings. The predicted molar refractivity (Wildman–Crippen MR) is 189 cm³/mol. The number of ketones is 1. The Morgan fingerprint density at radius 2 is 1.83 bits per heavy atom. The van der Waals surface area contributed by atoms with Crippen LogP contribution in [0.3, 0.4) is 0 Å². The second kappa shape index (κ2) is 12.6. The fourth-order valence-electron chi connectivity index (χ4n) is 6.54. The third-order valence-electron chi connectivity index (χ3n) is 9.14. The molecule has 0 bridgehead atoms. The SMILES string of the molecule is Cc1ccc(C)c(-n2c(Sc3ccc(C(=O)c4sc(N5CCCCC5)nc4C)cc3[N+](=O)[O-])nc3sc4c(c3c2=O)CCC(C)C4)c1. The topological polar surface area (TPSA) is 111 Å². The first-order chi connectivity index (χ1) is 22.6. The molecule has 1 unspecified atom stereocenters. The van der Waals surface area contributed by atoms with Gasteiger partial charge in [0.25, 0.3) is 11.2 Å². The molecule has 2 aliphatic rings. The fraction of sp³-hybridized carbons (Fsp3) is 0.371. The number of hydrogen-bond donors (Lipinski definition) is 0. The van der Waals surface area contributed by atoms with E-state index in [1.165, 1.54) is 28.7 Å². The maximum absolute atomic E-state index is 14.4. The van der Waals surface area contributed by atoms with Gasteiger partial charge in [0.2, 0.25) is 5.78 Å². The average molecular weight is 686 g/mol. The molecule has 4 heterocycles. The molecule has 0 saturated carbocycles. The summed E-state index contributed by atoms with van der Waals surface area (Å²) in [5.41, 5.74) is 4.18. The minimum Gasteiger partial charge on any atom is -0.348 e. The molecule has 2 aromatic carbocycles. The number of benzene rings is 2. The van der Waals surface area contributed by atoms with Gasteiger partial charge in [0.05, 0.1) is 31.5 Å². The van der Waals surface area contributed by atoms with E-state index in [4.69, 9.17) is 4.98 Å². The van der Waals surface area contributed by atoms with E-state index in [0.717, 1.165) is 78.8 Å². The van der Waals surface area contributed by atoms with Crippen LogP contribution in [-0.2, 0) is 12.8 Å². The molecular formula is C35H35N5O4S3. The van der Waals surface area contributed by atoms with Gasteiger partial charge in [-0.15, -0.1) is 11.3 Å². The lowest BCUT2D eigenvalue weighted by molar-refractivity contribution is -0.387. The van der Waals surface area contributed by atoms with E-state index in [2.05, 4.69) is 16.8 Å². The normalized spacial score (nSPS) is 16.4. The Morgan fingerprint density at radius 3 is 2.60 bits per heavy atom. The lowest BCUT2D eigenvalue weighted by atomic mass is 9.89. The number of fused-ring (bicyclic) bond motifs is 3. The summed E-state index contributed by atoms with van der Waals surface area (Å²) in [5.74, 6) is 0.257. The first kappa shape index (κ1) is 31.7. The summed E-state index contributed by atoms with van der Waals surface area (Å²) in [6, 6.07) is 10.5. The standard InChI is InChI=1S/C35H35N5O4S3/c1-19-8-10-21(3)25(16-19)39-33(42)29-24-12-9-20(2)17-28(24)45-32(29)37-35(39)46-27-13-11-23(18-26(27)40(43)44)30(41)31-22(4)36-34(47-31)38-14-6-5-7-15-38/h8,10-11,13,16,18,20H,5-7,9,12,14-15,17H2,1-4H3. The molecule has 47 heavy (non-hydrogen) atoms. The smallest absolute Gasteiger partial charge is 0.284 e. The molecule has 12 heteroatoms. The van der Waals surface area contributed by atoms with Crippen LogP contribution in [-0.4, -0.2) is 38.3 Å². The van der Waals surface area contributed by atoms with Gasteiger partial charge >= 0.3 is 0 Å². The van der Waals surface area contributed by atoms with E-state index in [1.54, 1.807) is 28.0 Å². The van der Waals surface area contributed by atoms with E-state index >= 15 is 0 Å². The number of thiophene rings is 1. The van der Waals surface area contributed by atoms with Gasteiger partial charge < -0.3 is 4.90 Å². The molecule has 1 atom stereocenters. The van der Waals surface area contributed by atoms with Crippen LogP contribution in [0.4, 0.5) is 10.8 Å². The highest BCUT2D eigenvalue weighted by Gasteiger charge is 2.28. The second-order valence-electron chi connectivity index (χ2n) is 12.7. The number of rotatable bonds is 7. The number of nitro groups is 1. The second-order valence-corrected chi connectivity index (χ2v) is 15.8. The largest absolute Gasteiger partial charge is 0.348 e. The molecule has 0 amide bonds. The number of thiazole rings is 1. The Balaban J connectivity index is 1.31. The number of piperidine rings is 1. The molecule has 0 N–H and O–H groups in total.